The van der Waals surface area contributed by atoms with Gasteiger partial charge in [0.1, 0.15) is 11.3 Å². The number of aromatic amines is 1. The summed E-state index contributed by atoms with van der Waals surface area (Å²) in [6.07, 6.45) is 2.50. The smallest absolute Gasteiger partial charge is 0.261 e. The van der Waals surface area contributed by atoms with Crippen LogP contribution in [0.1, 0.15) is 27.4 Å². The highest BCUT2D eigenvalue weighted by Gasteiger charge is 2.26. The fourth-order valence-electron chi connectivity index (χ4n) is 3.08. The van der Waals surface area contributed by atoms with Crippen molar-refractivity contribution in [1.29, 1.82) is 0 Å². The van der Waals surface area contributed by atoms with Crippen LogP contribution in [0.25, 0.3) is 11.5 Å². The molecule has 0 unspecified atom stereocenters. The van der Waals surface area contributed by atoms with Crippen molar-refractivity contribution in [2.24, 2.45) is 0 Å². The first kappa shape index (κ1) is 14.5. The zero-order valence-corrected chi connectivity index (χ0v) is 12.9. The average molecular weight is 320 g/mol. The Morgan fingerprint density at radius 1 is 1.17 bits per heavy atom. The van der Waals surface area contributed by atoms with E-state index < -0.39 is 5.56 Å². The number of aromatic nitrogens is 1. The van der Waals surface area contributed by atoms with Gasteiger partial charge in [-0.1, -0.05) is 24.3 Å². The Labute approximate surface area is 138 Å². The molecular weight excluding hydrogens is 304 g/mol. The third-order valence-corrected chi connectivity index (χ3v) is 4.41. The van der Waals surface area contributed by atoms with E-state index >= 15 is 0 Å². The van der Waals surface area contributed by atoms with Gasteiger partial charge in [-0.25, -0.2) is 0 Å². The van der Waals surface area contributed by atoms with E-state index in [0.717, 1.165) is 6.42 Å². The van der Waals surface area contributed by atoms with Gasteiger partial charge in [-0.05, 0) is 41.8 Å². The number of fused-ring (bicyclic) bond motifs is 1. The molecule has 0 radical (unpaired) electrons. The van der Waals surface area contributed by atoms with E-state index in [1.165, 1.54) is 23.5 Å². The number of rotatable bonds is 4. The Kier molecular flexibility index (Phi) is 3.54. The number of H-pyrrole nitrogens is 1. The Morgan fingerprint density at radius 2 is 2.04 bits per heavy atom. The zero-order valence-electron chi connectivity index (χ0n) is 12.9. The summed E-state index contributed by atoms with van der Waals surface area (Å²) in [5.74, 6) is 0.531. The number of carbonyl (C=O) groups excluding carboxylic acids is 1. The first-order valence-electron chi connectivity index (χ1n) is 7.85. The Balaban J connectivity index is 1.45. The van der Waals surface area contributed by atoms with E-state index in [1.807, 2.05) is 12.1 Å². The average Bonchev–Trinajstić information content (AvgIpc) is 3.10. The van der Waals surface area contributed by atoms with E-state index in [2.05, 4.69) is 22.4 Å². The number of hydrogen-bond donors (Lipinski definition) is 2. The maximum absolute atomic E-state index is 12.3. The molecule has 0 aliphatic heterocycles. The van der Waals surface area contributed by atoms with E-state index in [1.54, 1.807) is 18.2 Å². The summed E-state index contributed by atoms with van der Waals surface area (Å²) in [7, 11) is 0. The minimum atomic E-state index is -0.421. The molecule has 0 saturated heterocycles. The fourth-order valence-corrected chi connectivity index (χ4v) is 3.08. The molecule has 2 heterocycles. The highest BCUT2D eigenvalue weighted by molar-refractivity contribution is 5.94. The molecule has 1 aliphatic rings. The van der Waals surface area contributed by atoms with Gasteiger partial charge in [-0.3, -0.25) is 9.59 Å². The highest BCUT2D eigenvalue weighted by Crippen LogP contribution is 2.33. The van der Waals surface area contributed by atoms with Crippen LogP contribution in [-0.2, 0) is 6.42 Å². The first-order valence-corrected chi connectivity index (χ1v) is 7.85. The number of furan rings is 1. The monoisotopic (exact) mass is 320 g/mol. The molecule has 120 valence electrons. The SMILES string of the molecule is O=C(NC[C@@H]1Cc2ccccc21)c1ccc(-c2ccco2)[nH]c1=O. The van der Waals surface area contributed by atoms with Gasteiger partial charge < -0.3 is 14.7 Å². The molecule has 1 amide bonds. The molecule has 5 nitrogen and oxygen atoms in total. The van der Waals surface area contributed by atoms with Crippen LogP contribution in [0, 0.1) is 0 Å². The topological polar surface area (TPSA) is 75.1 Å². The van der Waals surface area contributed by atoms with Gasteiger partial charge in [0.2, 0.25) is 0 Å². The van der Waals surface area contributed by atoms with Crippen molar-refractivity contribution in [3.63, 3.8) is 0 Å². The lowest BCUT2D eigenvalue weighted by Crippen LogP contribution is -2.35. The van der Waals surface area contributed by atoms with Crippen LogP contribution in [0.4, 0.5) is 0 Å². The van der Waals surface area contributed by atoms with Crippen LogP contribution in [0.5, 0.6) is 0 Å². The number of nitrogens with one attached hydrogen (secondary N) is 2. The third-order valence-electron chi connectivity index (χ3n) is 4.41. The van der Waals surface area contributed by atoms with Crippen LogP contribution in [0.2, 0.25) is 0 Å². The van der Waals surface area contributed by atoms with Crippen LogP contribution < -0.4 is 10.9 Å². The Morgan fingerprint density at radius 3 is 2.79 bits per heavy atom. The van der Waals surface area contributed by atoms with Gasteiger partial charge in [0.05, 0.1) is 12.0 Å². The maximum Gasteiger partial charge on any atom is 0.261 e. The summed E-state index contributed by atoms with van der Waals surface area (Å²) >= 11 is 0. The predicted octanol–water partition coefficient (Wildman–Crippen LogP) is 2.70. The molecular formula is C19H16N2O3. The highest BCUT2D eigenvalue weighted by atomic mass is 16.3. The van der Waals surface area contributed by atoms with Crippen molar-refractivity contribution in [2.75, 3.05) is 6.54 Å². The summed E-state index contributed by atoms with van der Waals surface area (Å²) in [6, 6.07) is 14.9. The van der Waals surface area contributed by atoms with Gasteiger partial charge in [-0.15, -0.1) is 0 Å². The molecule has 5 heteroatoms. The second kappa shape index (κ2) is 5.85. The zero-order chi connectivity index (χ0) is 16.5. The van der Waals surface area contributed by atoms with Crippen LogP contribution in [0.15, 0.2) is 64.0 Å². The molecule has 1 aliphatic carbocycles. The van der Waals surface area contributed by atoms with E-state index in [0.29, 0.717) is 23.9 Å². The van der Waals surface area contributed by atoms with Gasteiger partial charge in [0.15, 0.2) is 0 Å². The molecule has 0 spiro atoms. The second-order valence-electron chi connectivity index (χ2n) is 5.90. The molecule has 2 aromatic heterocycles. The summed E-state index contributed by atoms with van der Waals surface area (Å²) < 4.78 is 5.24. The summed E-state index contributed by atoms with van der Waals surface area (Å²) in [4.78, 5) is 27.1. The molecule has 0 fully saturated rings. The Hall–Kier alpha value is -3.08. The number of amides is 1. The maximum atomic E-state index is 12.3. The molecule has 3 aromatic rings. The molecule has 1 aromatic carbocycles. The second-order valence-corrected chi connectivity index (χ2v) is 5.90. The molecule has 0 saturated carbocycles. The molecule has 1 atom stereocenters. The van der Waals surface area contributed by atoms with Crippen LogP contribution in [-0.4, -0.2) is 17.4 Å². The van der Waals surface area contributed by atoms with Crippen molar-refractivity contribution in [3.05, 3.63) is 81.8 Å². The number of hydrogen-bond acceptors (Lipinski definition) is 3. The van der Waals surface area contributed by atoms with Gasteiger partial charge in [0, 0.05) is 12.5 Å². The minimum Gasteiger partial charge on any atom is -0.463 e. The van der Waals surface area contributed by atoms with Crippen molar-refractivity contribution < 1.29 is 9.21 Å². The van der Waals surface area contributed by atoms with Gasteiger partial charge in [0.25, 0.3) is 11.5 Å². The molecule has 4 rings (SSSR count). The lowest BCUT2D eigenvalue weighted by molar-refractivity contribution is 0.0948. The standard InChI is InChI=1S/C19H16N2O3/c22-18(20-11-13-10-12-4-1-2-5-14(12)13)15-7-8-16(21-19(15)23)17-6-3-9-24-17/h1-9,13H,10-11H2,(H,20,22)(H,21,23)/t13-/m0/s1. The number of carbonyl (C=O) groups is 1. The summed E-state index contributed by atoms with van der Waals surface area (Å²) in [5, 5.41) is 2.85. The lowest BCUT2D eigenvalue weighted by Gasteiger charge is -2.30. The minimum absolute atomic E-state index is 0.109. The third kappa shape index (κ3) is 2.54. The van der Waals surface area contributed by atoms with Gasteiger partial charge in [-0.2, -0.15) is 0 Å². The number of pyridine rings is 1. The van der Waals surface area contributed by atoms with Gasteiger partial charge >= 0.3 is 0 Å². The van der Waals surface area contributed by atoms with Crippen molar-refractivity contribution in [1.82, 2.24) is 10.3 Å². The van der Waals surface area contributed by atoms with Crippen molar-refractivity contribution >= 4 is 5.91 Å². The molecule has 2 N–H and O–H groups in total. The normalized spacial score (nSPS) is 15.4. The lowest BCUT2D eigenvalue weighted by atomic mass is 9.77. The quantitative estimate of drug-likeness (QED) is 0.776. The fraction of sp³-hybridized carbons (Fsp3) is 0.158. The summed E-state index contributed by atoms with van der Waals surface area (Å²) in [6.45, 7) is 0.537. The first-order chi connectivity index (χ1) is 11.7. The Bertz CT molecular complexity index is 941. The molecule has 24 heavy (non-hydrogen) atoms. The molecule has 0 bridgehead atoms. The van der Waals surface area contributed by atoms with E-state index in [-0.39, 0.29) is 11.5 Å². The summed E-state index contributed by atoms with van der Waals surface area (Å²) in [5.41, 5.74) is 2.85. The van der Waals surface area contributed by atoms with Crippen molar-refractivity contribution in [3.8, 4) is 11.5 Å². The van der Waals surface area contributed by atoms with Crippen LogP contribution in [0.3, 0.4) is 0 Å². The van der Waals surface area contributed by atoms with Crippen molar-refractivity contribution in [2.45, 2.75) is 12.3 Å². The van der Waals surface area contributed by atoms with E-state index in [9.17, 15) is 9.59 Å². The largest absolute Gasteiger partial charge is 0.463 e. The predicted molar refractivity (Wildman–Crippen MR) is 90.0 cm³/mol. The van der Waals surface area contributed by atoms with E-state index in [4.69, 9.17) is 4.42 Å². The van der Waals surface area contributed by atoms with Crippen LogP contribution >= 0.6 is 0 Å². The number of benzene rings is 1.